The molecule has 0 radical (unpaired) electrons. The average Bonchev–Trinajstić information content (AvgIpc) is 2.47. The normalized spacial score (nSPS) is 13.3. The maximum Gasteiger partial charge on any atom is 0.306 e. The van der Waals surface area contributed by atoms with Gasteiger partial charge in [0.25, 0.3) is 0 Å². The Kier molecular flexibility index (Phi) is 9.63. The third-order valence-electron chi connectivity index (χ3n) is 2.94. The van der Waals surface area contributed by atoms with Gasteiger partial charge >= 0.3 is 5.97 Å². The molecule has 0 spiro atoms. The molecule has 0 aliphatic rings. The van der Waals surface area contributed by atoms with Gasteiger partial charge in [0.1, 0.15) is 0 Å². The molecule has 1 aromatic carbocycles. The van der Waals surface area contributed by atoms with E-state index >= 15 is 0 Å². The molecular weight excluding hydrogens is 416 g/mol. The highest BCUT2D eigenvalue weighted by Crippen LogP contribution is 2.22. The van der Waals surface area contributed by atoms with Crippen molar-refractivity contribution in [2.75, 3.05) is 13.2 Å². The Hall–Kier alpha value is -0.690. The predicted octanol–water partition coefficient (Wildman–Crippen LogP) is 3.76. The summed E-state index contributed by atoms with van der Waals surface area (Å²) in [7, 11) is 0. The maximum absolute atomic E-state index is 11.6. The monoisotopic (exact) mass is 434 g/mol. The molecule has 0 aromatic heterocycles. The van der Waals surface area contributed by atoms with Crippen LogP contribution in [-0.4, -0.2) is 30.4 Å². The number of rotatable bonds is 9. The summed E-state index contributed by atoms with van der Waals surface area (Å²) < 4.78 is 11.1. The second-order valence-corrected chi connectivity index (χ2v) is 7.47. The van der Waals surface area contributed by atoms with Crippen molar-refractivity contribution in [3.63, 3.8) is 0 Å². The summed E-state index contributed by atoms with van der Waals surface area (Å²) in [5.41, 5.74) is 1.04. The predicted molar refractivity (Wildman–Crippen MR) is 92.8 cm³/mol. The maximum atomic E-state index is 11.6. The summed E-state index contributed by atoms with van der Waals surface area (Å²) in [4.78, 5) is 11.6. The number of aliphatic hydroxyl groups is 1. The summed E-state index contributed by atoms with van der Waals surface area (Å²) >= 11 is 6.50. The number of hydrogen-bond donors (Lipinski definition) is 1. The fourth-order valence-corrected chi connectivity index (χ4v) is 2.55. The van der Waals surface area contributed by atoms with E-state index in [-0.39, 0.29) is 24.9 Å². The molecule has 22 heavy (non-hydrogen) atoms. The molecule has 1 aromatic rings. The Balaban J connectivity index is 2.50. The van der Waals surface area contributed by atoms with Gasteiger partial charge in [-0.1, -0.05) is 36.4 Å². The van der Waals surface area contributed by atoms with Crippen molar-refractivity contribution in [1.29, 1.82) is 0 Å². The molecule has 0 fully saturated rings. The van der Waals surface area contributed by atoms with Crippen LogP contribution in [0.4, 0.5) is 0 Å². The van der Waals surface area contributed by atoms with Gasteiger partial charge in [-0.3, -0.25) is 4.79 Å². The third-order valence-corrected chi connectivity index (χ3v) is 3.47. The first-order chi connectivity index (χ1) is 10.5. The summed E-state index contributed by atoms with van der Waals surface area (Å²) in [5, 5.41) is 10.2. The van der Waals surface area contributed by atoms with Crippen LogP contribution in [-0.2, 0) is 20.9 Å². The van der Waals surface area contributed by atoms with Crippen molar-refractivity contribution in [3.8, 4) is 0 Å². The molecule has 0 heterocycles. The lowest BCUT2D eigenvalue weighted by molar-refractivity contribution is -0.145. The highest BCUT2D eigenvalue weighted by Gasteiger charge is 2.21. The van der Waals surface area contributed by atoms with E-state index in [1.807, 2.05) is 30.3 Å². The van der Waals surface area contributed by atoms with E-state index in [1.165, 1.54) is 0 Å². The molecule has 0 saturated heterocycles. The van der Waals surface area contributed by atoms with Gasteiger partial charge in [-0.25, -0.2) is 0 Å². The lowest BCUT2D eigenvalue weighted by Gasteiger charge is -2.19. The number of halogens is 2. The Bertz CT molecular complexity index is 472. The minimum absolute atomic E-state index is 0.102. The standard InChI is InChI=1S/C16H20Br2O4/c1-2-22-16(20)9-13(8-15(17)18)14(19)11-21-10-12-6-4-3-5-7-12/h3-8,13-14,19H,2,9-11H2,1H3/t13-,14-/m1/s1. The minimum Gasteiger partial charge on any atom is -0.466 e. The van der Waals surface area contributed by atoms with Gasteiger partial charge in [-0.05, 0) is 44.3 Å². The van der Waals surface area contributed by atoms with E-state index < -0.39 is 6.10 Å². The van der Waals surface area contributed by atoms with E-state index in [9.17, 15) is 9.90 Å². The lowest BCUT2D eigenvalue weighted by Crippen LogP contribution is -2.27. The van der Waals surface area contributed by atoms with Gasteiger partial charge in [0, 0.05) is 5.92 Å². The van der Waals surface area contributed by atoms with Gasteiger partial charge in [0.15, 0.2) is 0 Å². The molecular formula is C16H20Br2O4. The molecule has 4 nitrogen and oxygen atoms in total. The van der Waals surface area contributed by atoms with Crippen molar-refractivity contribution in [3.05, 3.63) is 45.4 Å². The van der Waals surface area contributed by atoms with Crippen molar-refractivity contribution in [1.82, 2.24) is 0 Å². The number of benzene rings is 1. The van der Waals surface area contributed by atoms with Crippen LogP contribution in [0.15, 0.2) is 39.8 Å². The van der Waals surface area contributed by atoms with Gasteiger partial charge in [-0.2, -0.15) is 0 Å². The van der Waals surface area contributed by atoms with E-state index in [0.29, 0.717) is 16.6 Å². The van der Waals surface area contributed by atoms with Crippen LogP contribution in [0.2, 0.25) is 0 Å². The topological polar surface area (TPSA) is 55.8 Å². The number of aliphatic hydroxyl groups excluding tert-OH is 1. The number of carbonyl (C=O) groups is 1. The van der Waals surface area contributed by atoms with E-state index in [0.717, 1.165) is 5.56 Å². The van der Waals surface area contributed by atoms with Gasteiger partial charge in [0.05, 0.1) is 35.7 Å². The Morgan fingerprint density at radius 2 is 2.00 bits per heavy atom. The molecule has 1 rings (SSSR count). The highest BCUT2D eigenvalue weighted by atomic mass is 79.9. The first-order valence-electron chi connectivity index (χ1n) is 7.01. The molecule has 122 valence electrons. The van der Waals surface area contributed by atoms with Gasteiger partial charge in [-0.15, -0.1) is 0 Å². The molecule has 0 aliphatic carbocycles. The molecule has 0 unspecified atom stereocenters. The second kappa shape index (κ2) is 10.9. The smallest absolute Gasteiger partial charge is 0.306 e. The van der Waals surface area contributed by atoms with Crippen LogP contribution in [0, 0.1) is 5.92 Å². The van der Waals surface area contributed by atoms with Crippen LogP contribution in [0.1, 0.15) is 18.9 Å². The minimum atomic E-state index is -0.793. The summed E-state index contributed by atoms with van der Waals surface area (Å²) in [6, 6.07) is 9.72. The van der Waals surface area contributed by atoms with Crippen LogP contribution in [0.3, 0.4) is 0 Å². The van der Waals surface area contributed by atoms with Gasteiger partial charge < -0.3 is 14.6 Å². The van der Waals surface area contributed by atoms with Crippen LogP contribution in [0.25, 0.3) is 0 Å². The van der Waals surface area contributed by atoms with Crippen molar-refractivity contribution in [2.45, 2.75) is 26.1 Å². The van der Waals surface area contributed by atoms with E-state index in [1.54, 1.807) is 13.0 Å². The number of hydrogen-bond acceptors (Lipinski definition) is 4. The summed E-state index contributed by atoms with van der Waals surface area (Å²) in [6.07, 6.45) is 1.04. The molecule has 0 amide bonds. The number of ether oxygens (including phenoxy) is 2. The highest BCUT2D eigenvalue weighted by molar-refractivity contribution is 9.28. The zero-order valence-electron chi connectivity index (χ0n) is 12.4. The molecule has 0 aliphatic heterocycles. The largest absolute Gasteiger partial charge is 0.466 e. The quantitative estimate of drug-likeness (QED) is 0.600. The number of carbonyl (C=O) groups excluding carboxylic acids is 1. The first-order valence-corrected chi connectivity index (χ1v) is 8.59. The molecule has 1 N–H and O–H groups in total. The lowest BCUT2D eigenvalue weighted by atomic mass is 9.99. The van der Waals surface area contributed by atoms with Gasteiger partial charge in [0.2, 0.25) is 0 Å². The molecule has 0 saturated carbocycles. The van der Waals surface area contributed by atoms with Crippen LogP contribution in [0.5, 0.6) is 0 Å². The zero-order chi connectivity index (χ0) is 16.4. The Morgan fingerprint density at radius 3 is 2.59 bits per heavy atom. The average molecular weight is 436 g/mol. The Morgan fingerprint density at radius 1 is 1.32 bits per heavy atom. The van der Waals surface area contributed by atoms with E-state index in [4.69, 9.17) is 9.47 Å². The second-order valence-electron chi connectivity index (χ2n) is 4.70. The third kappa shape index (κ3) is 8.08. The zero-order valence-corrected chi connectivity index (χ0v) is 15.5. The van der Waals surface area contributed by atoms with E-state index in [2.05, 4.69) is 31.9 Å². The summed E-state index contributed by atoms with van der Waals surface area (Å²) in [5.74, 6) is -0.726. The van der Waals surface area contributed by atoms with Crippen molar-refractivity contribution >= 4 is 37.8 Å². The fourth-order valence-electron chi connectivity index (χ4n) is 1.88. The SMILES string of the molecule is CCOC(=O)C[C@@H](C=C(Br)Br)[C@H](O)COCc1ccccc1. The summed E-state index contributed by atoms with van der Waals surface area (Å²) in [6.45, 7) is 2.64. The first kappa shape index (κ1) is 19.4. The van der Waals surface area contributed by atoms with Crippen molar-refractivity contribution in [2.24, 2.45) is 5.92 Å². The van der Waals surface area contributed by atoms with Crippen LogP contribution < -0.4 is 0 Å². The molecule has 0 bridgehead atoms. The van der Waals surface area contributed by atoms with Crippen molar-refractivity contribution < 1.29 is 19.4 Å². The number of esters is 1. The molecule has 6 heteroatoms. The molecule has 2 atom stereocenters. The fraction of sp³-hybridized carbons (Fsp3) is 0.438. The van der Waals surface area contributed by atoms with Crippen LogP contribution >= 0.6 is 31.9 Å². The Labute approximate surface area is 147 Å².